The molecular weight excluding hydrogens is 234 g/mol. The highest BCUT2D eigenvalue weighted by molar-refractivity contribution is 7.90. The van der Waals surface area contributed by atoms with Gasteiger partial charge in [0.05, 0.1) is 4.75 Å². The first-order valence-corrected chi connectivity index (χ1v) is 7.66. The third-order valence-electron chi connectivity index (χ3n) is 3.37. The minimum Gasteiger partial charge on any atom is -0.212 e. The molecular formula is C13H27NO2S. The van der Waals surface area contributed by atoms with E-state index in [1.807, 2.05) is 34.6 Å². The number of allylic oxidation sites excluding steroid dienone is 1. The van der Waals surface area contributed by atoms with Crippen molar-refractivity contribution in [3.63, 3.8) is 0 Å². The van der Waals surface area contributed by atoms with Gasteiger partial charge in [-0.1, -0.05) is 19.4 Å². The molecule has 0 spiro atoms. The van der Waals surface area contributed by atoms with Gasteiger partial charge in [0.2, 0.25) is 10.0 Å². The number of hydrogen-bond donors (Lipinski definition) is 1. The molecule has 0 fully saturated rings. The molecule has 0 aromatic carbocycles. The van der Waals surface area contributed by atoms with Gasteiger partial charge in [-0.25, -0.2) is 13.1 Å². The fraction of sp³-hybridized carbons (Fsp3) is 0.846. The van der Waals surface area contributed by atoms with Gasteiger partial charge in [-0.3, -0.25) is 0 Å². The zero-order valence-corrected chi connectivity index (χ0v) is 12.9. The van der Waals surface area contributed by atoms with Crippen LogP contribution >= 0.6 is 0 Å². The summed E-state index contributed by atoms with van der Waals surface area (Å²) in [4.78, 5) is 0. The van der Waals surface area contributed by atoms with Crippen LogP contribution in [0.25, 0.3) is 0 Å². The Morgan fingerprint density at radius 1 is 1.18 bits per heavy atom. The van der Waals surface area contributed by atoms with E-state index in [0.717, 1.165) is 12.0 Å². The molecule has 1 atom stereocenters. The smallest absolute Gasteiger partial charge is 0.212 e. The molecule has 1 unspecified atom stereocenters. The maximum absolute atomic E-state index is 12.4. The van der Waals surface area contributed by atoms with E-state index in [4.69, 9.17) is 0 Å². The van der Waals surface area contributed by atoms with Crippen molar-refractivity contribution >= 4 is 10.0 Å². The summed E-state index contributed by atoms with van der Waals surface area (Å²) in [6.45, 7) is 15.2. The van der Waals surface area contributed by atoms with Crippen LogP contribution in [0.1, 0.15) is 60.8 Å². The fourth-order valence-corrected chi connectivity index (χ4v) is 3.54. The van der Waals surface area contributed by atoms with Crippen LogP contribution in [0, 0.1) is 0 Å². The number of sulfonamides is 1. The lowest BCUT2D eigenvalue weighted by Gasteiger charge is -2.34. The summed E-state index contributed by atoms with van der Waals surface area (Å²) < 4.78 is 26.9. The van der Waals surface area contributed by atoms with Gasteiger partial charge < -0.3 is 0 Å². The zero-order chi connectivity index (χ0) is 13.9. The maximum atomic E-state index is 12.4. The van der Waals surface area contributed by atoms with Crippen LogP contribution in [0.3, 0.4) is 0 Å². The molecule has 4 heteroatoms. The van der Waals surface area contributed by atoms with Gasteiger partial charge in [-0.05, 0) is 47.0 Å². The van der Waals surface area contributed by atoms with Crippen molar-refractivity contribution in [1.82, 2.24) is 4.72 Å². The normalized spacial score (nSPS) is 16.6. The van der Waals surface area contributed by atoms with Crippen molar-refractivity contribution in [2.75, 3.05) is 0 Å². The average Bonchev–Trinajstić information content (AvgIpc) is 2.14. The molecule has 0 amide bonds. The number of hydrogen-bond acceptors (Lipinski definition) is 2. The van der Waals surface area contributed by atoms with Gasteiger partial charge >= 0.3 is 0 Å². The van der Waals surface area contributed by atoms with Gasteiger partial charge in [-0.15, -0.1) is 6.58 Å². The largest absolute Gasteiger partial charge is 0.217 e. The first kappa shape index (κ1) is 16.6. The topological polar surface area (TPSA) is 46.2 Å². The number of rotatable bonds is 7. The highest BCUT2D eigenvalue weighted by Crippen LogP contribution is 2.29. The van der Waals surface area contributed by atoms with Crippen molar-refractivity contribution in [2.45, 2.75) is 71.1 Å². The molecule has 0 aliphatic carbocycles. The highest BCUT2D eigenvalue weighted by atomic mass is 32.2. The van der Waals surface area contributed by atoms with E-state index in [1.165, 1.54) is 0 Å². The standard InChI is InChI=1S/C13H27NO2S/c1-8-12(5,6)14-17(15,16)13(7,9-2)10-11(3)4/h14H,3,8-10H2,1-2,4-7H3. The minimum absolute atomic E-state index is 0.398. The van der Waals surface area contributed by atoms with Crippen molar-refractivity contribution in [3.8, 4) is 0 Å². The fourth-order valence-electron chi connectivity index (χ4n) is 1.61. The summed E-state index contributed by atoms with van der Waals surface area (Å²) in [5.74, 6) is 0. The van der Waals surface area contributed by atoms with E-state index >= 15 is 0 Å². The Bertz CT molecular complexity index is 371. The summed E-state index contributed by atoms with van der Waals surface area (Å²) in [6.07, 6.45) is 1.84. The van der Waals surface area contributed by atoms with Gasteiger partial charge in [0.25, 0.3) is 0 Å². The molecule has 0 aliphatic heterocycles. The predicted molar refractivity (Wildman–Crippen MR) is 74.6 cm³/mol. The van der Waals surface area contributed by atoms with Gasteiger partial charge in [0.1, 0.15) is 0 Å². The molecule has 102 valence electrons. The monoisotopic (exact) mass is 261 g/mol. The Kier molecular flexibility index (Phi) is 5.41. The van der Waals surface area contributed by atoms with Gasteiger partial charge in [0.15, 0.2) is 0 Å². The molecule has 17 heavy (non-hydrogen) atoms. The molecule has 0 bridgehead atoms. The second-order valence-electron chi connectivity index (χ2n) is 5.78. The van der Waals surface area contributed by atoms with Gasteiger partial charge in [0, 0.05) is 5.54 Å². The molecule has 0 saturated carbocycles. The Morgan fingerprint density at radius 2 is 1.65 bits per heavy atom. The molecule has 0 saturated heterocycles. The molecule has 0 aliphatic rings. The Hall–Kier alpha value is -0.350. The van der Waals surface area contributed by atoms with Gasteiger partial charge in [-0.2, -0.15) is 0 Å². The number of nitrogens with one attached hydrogen (secondary N) is 1. The van der Waals surface area contributed by atoms with Crippen molar-refractivity contribution in [2.24, 2.45) is 0 Å². The lowest BCUT2D eigenvalue weighted by atomic mass is 10.00. The Balaban J connectivity index is 5.20. The van der Waals surface area contributed by atoms with Crippen molar-refractivity contribution in [1.29, 1.82) is 0 Å². The summed E-state index contributed by atoms with van der Waals surface area (Å²) in [6, 6.07) is 0. The first-order valence-electron chi connectivity index (χ1n) is 6.17. The van der Waals surface area contributed by atoms with E-state index < -0.39 is 20.3 Å². The van der Waals surface area contributed by atoms with E-state index in [0.29, 0.717) is 12.8 Å². The molecule has 0 radical (unpaired) electrons. The van der Waals surface area contributed by atoms with E-state index in [1.54, 1.807) is 6.92 Å². The molecule has 0 aromatic heterocycles. The molecule has 1 N–H and O–H groups in total. The molecule has 3 nitrogen and oxygen atoms in total. The van der Waals surface area contributed by atoms with Crippen LogP contribution in [0.2, 0.25) is 0 Å². The maximum Gasteiger partial charge on any atom is 0.217 e. The Labute approximate surface area is 107 Å². The SMILES string of the molecule is C=C(C)CC(C)(CC)S(=O)(=O)NC(C)(C)CC. The second kappa shape index (κ2) is 5.53. The van der Waals surface area contributed by atoms with E-state index in [2.05, 4.69) is 11.3 Å². The predicted octanol–water partition coefficient (Wildman–Crippen LogP) is 3.23. The van der Waals surface area contributed by atoms with Crippen LogP contribution in [-0.2, 0) is 10.0 Å². The third-order valence-corrected chi connectivity index (χ3v) is 5.92. The summed E-state index contributed by atoms with van der Waals surface area (Å²) in [7, 11) is -3.35. The summed E-state index contributed by atoms with van der Waals surface area (Å²) >= 11 is 0. The second-order valence-corrected chi connectivity index (χ2v) is 7.98. The van der Waals surface area contributed by atoms with Crippen LogP contribution in [-0.4, -0.2) is 18.7 Å². The van der Waals surface area contributed by atoms with Crippen molar-refractivity contribution in [3.05, 3.63) is 12.2 Å². The zero-order valence-electron chi connectivity index (χ0n) is 12.1. The molecule has 0 rings (SSSR count). The summed E-state index contributed by atoms with van der Waals surface area (Å²) in [5.41, 5.74) is 0.499. The molecule has 0 heterocycles. The van der Waals surface area contributed by atoms with Crippen molar-refractivity contribution < 1.29 is 8.42 Å². The van der Waals surface area contributed by atoms with E-state index in [9.17, 15) is 8.42 Å². The quantitative estimate of drug-likeness (QED) is 0.715. The van der Waals surface area contributed by atoms with Crippen LogP contribution in [0.15, 0.2) is 12.2 Å². The Morgan fingerprint density at radius 3 is 1.94 bits per heavy atom. The molecule has 0 aromatic rings. The van der Waals surface area contributed by atoms with Crippen LogP contribution in [0.4, 0.5) is 0 Å². The minimum atomic E-state index is -3.35. The first-order chi connectivity index (χ1) is 7.49. The van der Waals surface area contributed by atoms with Crippen LogP contribution < -0.4 is 4.72 Å². The summed E-state index contributed by atoms with van der Waals surface area (Å²) in [5, 5.41) is 0. The third kappa shape index (κ3) is 4.43. The van der Waals surface area contributed by atoms with Crippen LogP contribution in [0.5, 0.6) is 0 Å². The average molecular weight is 261 g/mol. The highest BCUT2D eigenvalue weighted by Gasteiger charge is 2.39. The van der Waals surface area contributed by atoms with E-state index in [-0.39, 0.29) is 0 Å². The lowest BCUT2D eigenvalue weighted by molar-refractivity contribution is 0.419. The lowest BCUT2D eigenvalue weighted by Crippen LogP contribution is -2.51.